The third kappa shape index (κ3) is 6.39. The zero-order chi connectivity index (χ0) is 16.4. The summed E-state index contributed by atoms with van der Waals surface area (Å²) in [6, 6.07) is 4.00. The van der Waals surface area contributed by atoms with Crippen LogP contribution in [0.15, 0.2) is 18.3 Å². The van der Waals surface area contributed by atoms with Crippen LogP contribution in [0.2, 0.25) is 0 Å². The van der Waals surface area contributed by atoms with E-state index in [0.717, 1.165) is 31.5 Å². The number of nitrogens with two attached hydrogens (primary N) is 1. The molecule has 1 heterocycles. The molecule has 5 nitrogen and oxygen atoms in total. The molecule has 1 aromatic rings. The van der Waals surface area contributed by atoms with Gasteiger partial charge in [-0.2, -0.15) is 0 Å². The number of nitrogens with zero attached hydrogens (tertiary/aromatic N) is 2. The molecule has 0 spiro atoms. The Morgan fingerprint density at radius 2 is 2.18 bits per heavy atom. The highest BCUT2D eigenvalue weighted by atomic mass is 32.1. The molecule has 1 rings (SSSR count). The summed E-state index contributed by atoms with van der Waals surface area (Å²) in [5.74, 6) is -0.00858. The van der Waals surface area contributed by atoms with Gasteiger partial charge in [-0.15, -0.1) is 0 Å². The molecule has 0 amide bonds. The number of aryl methyl sites for hydroxylation is 2. The fourth-order valence-corrected chi connectivity index (χ4v) is 2.47. The number of hydrogen-bond acceptors (Lipinski definition) is 3. The van der Waals surface area contributed by atoms with Gasteiger partial charge in [-0.1, -0.05) is 25.8 Å². The first-order chi connectivity index (χ1) is 10.6. The summed E-state index contributed by atoms with van der Waals surface area (Å²) in [6.45, 7) is 5.69. The average molecular weight is 321 g/mol. The van der Waals surface area contributed by atoms with Gasteiger partial charge in [0.2, 0.25) is 0 Å². The first kappa shape index (κ1) is 18.4. The van der Waals surface area contributed by atoms with Crippen molar-refractivity contribution in [2.45, 2.75) is 46.0 Å². The first-order valence-corrected chi connectivity index (χ1v) is 8.27. The van der Waals surface area contributed by atoms with Gasteiger partial charge in [0.1, 0.15) is 0 Å². The highest BCUT2D eigenvalue weighted by Gasteiger charge is 2.12. The van der Waals surface area contributed by atoms with Crippen molar-refractivity contribution in [3.05, 3.63) is 29.6 Å². The molecule has 0 aromatic carbocycles. The van der Waals surface area contributed by atoms with Crippen molar-refractivity contribution in [3.63, 3.8) is 0 Å². The summed E-state index contributed by atoms with van der Waals surface area (Å²) in [5, 5.41) is 11.4. The van der Waals surface area contributed by atoms with Gasteiger partial charge in [-0.25, -0.2) is 0 Å². The van der Waals surface area contributed by atoms with Gasteiger partial charge in [0, 0.05) is 25.0 Å². The number of thiocarbonyl (C=S) groups is 1. The third-order valence-corrected chi connectivity index (χ3v) is 3.87. The van der Waals surface area contributed by atoms with E-state index in [2.05, 4.69) is 30.2 Å². The molecule has 0 atom stereocenters. The Balaban J connectivity index is 2.42. The van der Waals surface area contributed by atoms with Gasteiger partial charge < -0.3 is 11.1 Å². The van der Waals surface area contributed by atoms with Crippen LogP contribution in [0.25, 0.3) is 0 Å². The molecule has 0 aliphatic rings. The number of rotatable bonds is 8. The molecule has 6 heteroatoms. The minimum Gasteiger partial charge on any atom is -0.370 e. The Hall–Kier alpha value is -1.69. The zero-order valence-electron chi connectivity index (χ0n) is 13.6. The van der Waals surface area contributed by atoms with Crippen molar-refractivity contribution >= 4 is 23.3 Å². The molecule has 0 radical (unpaired) electrons. The van der Waals surface area contributed by atoms with E-state index in [1.807, 2.05) is 12.3 Å². The summed E-state index contributed by atoms with van der Waals surface area (Å²) >= 11 is 5.34. The fraction of sp³-hybridized carbons (Fsp3) is 0.562. The van der Waals surface area contributed by atoms with E-state index >= 15 is 0 Å². The Morgan fingerprint density at radius 3 is 2.82 bits per heavy atom. The molecule has 0 fully saturated rings. The van der Waals surface area contributed by atoms with Crippen molar-refractivity contribution in [1.82, 2.24) is 15.2 Å². The topological polar surface area (TPSA) is 78.0 Å². The van der Waals surface area contributed by atoms with Crippen molar-refractivity contribution < 1.29 is 0 Å². The molecular weight excluding hydrogens is 294 g/mol. The number of hydrogen-bond donors (Lipinski definition) is 3. The molecular formula is C16H27N5S. The average Bonchev–Trinajstić information content (AvgIpc) is 2.49. The lowest BCUT2D eigenvalue weighted by atomic mass is 10.1. The summed E-state index contributed by atoms with van der Waals surface area (Å²) in [5.41, 5.74) is 7.93. The number of unbranched alkanes of at least 4 members (excludes halogenated alkanes) is 2. The molecule has 122 valence electrons. The van der Waals surface area contributed by atoms with E-state index in [9.17, 15) is 0 Å². The summed E-state index contributed by atoms with van der Waals surface area (Å²) in [6.07, 6.45) is 6.95. The molecule has 1 aromatic heterocycles. The highest BCUT2D eigenvalue weighted by molar-refractivity contribution is 7.80. The first-order valence-electron chi connectivity index (χ1n) is 7.86. The summed E-state index contributed by atoms with van der Waals surface area (Å²) < 4.78 is 0. The van der Waals surface area contributed by atoms with Crippen LogP contribution >= 0.6 is 12.2 Å². The Bertz CT molecular complexity index is 489. The molecule has 0 unspecified atom stereocenters. The van der Waals surface area contributed by atoms with Gasteiger partial charge >= 0.3 is 0 Å². The second-order valence-electron chi connectivity index (χ2n) is 5.35. The molecule has 0 aliphatic heterocycles. The van der Waals surface area contributed by atoms with Crippen LogP contribution in [-0.2, 0) is 6.42 Å². The molecule has 0 bridgehead atoms. The molecule has 0 saturated heterocycles. The summed E-state index contributed by atoms with van der Waals surface area (Å²) in [4.78, 5) is 6.04. The molecule has 22 heavy (non-hydrogen) atoms. The van der Waals surface area contributed by atoms with E-state index in [1.54, 1.807) is 4.90 Å². The SMILES string of the molecule is CCCCCNC(=S)N(CCCc1ncccc1C)C(=N)N. The van der Waals surface area contributed by atoms with Crippen LogP contribution in [-0.4, -0.2) is 34.0 Å². The van der Waals surface area contributed by atoms with Gasteiger partial charge in [0.25, 0.3) is 0 Å². The Morgan fingerprint density at radius 1 is 1.41 bits per heavy atom. The minimum absolute atomic E-state index is 0.00858. The maximum Gasteiger partial charge on any atom is 0.194 e. The maximum atomic E-state index is 7.68. The van der Waals surface area contributed by atoms with Crippen molar-refractivity contribution in [2.24, 2.45) is 5.73 Å². The highest BCUT2D eigenvalue weighted by Crippen LogP contribution is 2.07. The van der Waals surface area contributed by atoms with E-state index < -0.39 is 0 Å². The van der Waals surface area contributed by atoms with Crippen molar-refractivity contribution in [3.8, 4) is 0 Å². The van der Waals surface area contributed by atoms with Gasteiger partial charge in [-0.3, -0.25) is 15.3 Å². The van der Waals surface area contributed by atoms with Crippen LogP contribution in [0, 0.1) is 12.3 Å². The normalized spacial score (nSPS) is 10.3. The smallest absolute Gasteiger partial charge is 0.194 e. The third-order valence-electron chi connectivity index (χ3n) is 3.51. The predicted octanol–water partition coefficient (Wildman–Crippen LogP) is 2.58. The largest absolute Gasteiger partial charge is 0.370 e. The van der Waals surface area contributed by atoms with E-state index in [4.69, 9.17) is 23.4 Å². The van der Waals surface area contributed by atoms with Crippen LogP contribution in [0.3, 0.4) is 0 Å². The maximum absolute atomic E-state index is 7.68. The molecule has 0 saturated carbocycles. The van der Waals surface area contributed by atoms with E-state index in [0.29, 0.717) is 11.7 Å². The minimum atomic E-state index is -0.00858. The summed E-state index contributed by atoms with van der Waals surface area (Å²) in [7, 11) is 0. The number of pyridine rings is 1. The van der Waals surface area contributed by atoms with Crippen molar-refractivity contribution in [1.29, 1.82) is 5.41 Å². The van der Waals surface area contributed by atoms with Crippen LogP contribution in [0.4, 0.5) is 0 Å². The predicted molar refractivity (Wildman–Crippen MR) is 96.0 cm³/mol. The second kappa shape index (κ2) is 10.1. The lowest BCUT2D eigenvalue weighted by Gasteiger charge is -2.24. The lowest BCUT2D eigenvalue weighted by molar-refractivity contribution is 0.546. The standard InChI is InChI=1S/C16H27N5S/c1-3-4-5-10-20-16(22)21(15(17)18)12-7-9-14-13(2)8-6-11-19-14/h6,8,11H,3-5,7,9-10,12H2,1-2H3,(H3,17,18)(H,20,22). The fourth-order valence-electron chi connectivity index (χ4n) is 2.18. The van der Waals surface area contributed by atoms with E-state index in [1.165, 1.54) is 18.4 Å². The lowest BCUT2D eigenvalue weighted by Crippen LogP contribution is -2.47. The quantitative estimate of drug-likeness (QED) is 0.297. The van der Waals surface area contributed by atoms with Crippen LogP contribution < -0.4 is 11.1 Å². The van der Waals surface area contributed by atoms with Gasteiger partial charge in [0.05, 0.1) is 0 Å². The van der Waals surface area contributed by atoms with Crippen LogP contribution in [0.1, 0.15) is 43.9 Å². The van der Waals surface area contributed by atoms with Crippen LogP contribution in [0.5, 0.6) is 0 Å². The van der Waals surface area contributed by atoms with Crippen molar-refractivity contribution in [2.75, 3.05) is 13.1 Å². The number of guanidine groups is 1. The Kier molecular flexibility index (Phi) is 8.43. The van der Waals surface area contributed by atoms with E-state index in [-0.39, 0.29) is 5.96 Å². The number of nitrogens with one attached hydrogen (secondary N) is 2. The number of aromatic nitrogens is 1. The molecule has 4 N–H and O–H groups in total. The second-order valence-corrected chi connectivity index (χ2v) is 5.73. The van der Waals surface area contributed by atoms with Gasteiger partial charge in [-0.05, 0) is 50.0 Å². The molecule has 0 aliphatic carbocycles. The monoisotopic (exact) mass is 321 g/mol. The van der Waals surface area contributed by atoms with Gasteiger partial charge in [0.15, 0.2) is 11.1 Å². The Labute approximate surface area is 138 Å². The zero-order valence-corrected chi connectivity index (χ0v) is 14.4.